The summed E-state index contributed by atoms with van der Waals surface area (Å²) < 4.78 is 5.12. The summed E-state index contributed by atoms with van der Waals surface area (Å²) >= 11 is 1.31. The quantitative estimate of drug-likeness (QED) is 0.611. The fourth-order valence-corrected chi connectivity index (χ4v) is 3.80. The average molecular weight is 421 g/mol. The van der Waals surface area contributed by atoms with Crippen molar-refractivity contribution in [1.82, 2.24) is 4.98 Å². The number of hydrogen-bond donors (Lipinski definition) is 2. The van der Waals surface area contributed by atoms with Crippen LogP contribution in [0.25, 0.3) is 11.3 Å². The first-order valence-electron chi connectivity index (χ1n) is 9.40. The van der Waals surface area contributed by atoms with E-state index in [9.17, 15) is 14.4 Å². The highest BCUT2D eigenvalue weighted by Crippen LogP contribution is 2.25. The van der Waals surface area contributed by atoms with E-state index in [2.05, 4.69) is 15.6 Å². The largest absolute Gasteiger partial charge is 0.452 e. The Morgan fingerprint density at radius 1 is 1.17 bits per heavy atom. The van der Waals surface area contributed by atoms with E-state index >= 15 is 0 Å². The Kier molecular flexibility index (Phi) is 5.58. The summed E-state index contributed by atoms with van der Waals surface area (Å²) in [6.45, 7) is 1.60. The van der Waals surface area contributed by atoms with Crippen LogP contribution < -0.4 is 10.6 Å². The minimum atomic E-state index is -0.593. The fourth-order valence-electron chi connectivity index (χ4n) is 3.07. The molecule has 2 N–H and O–H groups in total. The summed E-state index contributed by atoms with van der Waals surface area (Å²) in [6.07, 6.45) is 0.947. The van der Waals surface area contributed by atoms with Gasteiger partial charge in [-0.3, -0.25) is 14.9 Å². The van der Waals surface area contributed by atoms with Gasteiger partial charge in [0.25, 0.3) is 5.91 Å². The number of thiazole rings is 1. The molecule has 0 atom stereocenters. The third-order valence-corrected chi connectivity index (χ3v) is 5.43. The Morgan fingerprint density at radius 3 is 2.77 bits per heavy atom. The minimum absolute atomic E-state index is 0.0396. The molecular weight excluding hydrogens is 402 g/mol. The monoisotopic (exact) mass is 421 g/mol. The summed E-state index contributed by atoms with van der Waals surface area (Å²) in [7, 11) is 0. The normalized spacial score (nSPS) is 12.6. The van der Waals surface area contributed by atoms with E-state index < -0.39 is 18.5 Å². The lowest BCUT2D eigenvalue weighted by atomic mass is 10.0. The first-order chi connectivity index (χ1) is 14.5. The van der Waals surface area contributed by atoms with Crippen LogP contribution in [-0.2, 0) is 20.7 Å². The number of nitrogens with one attached hydrogen (secondary N) is 2. The number of fused-ring (bicyclic) bond motifs is 1. The molecule has 1 aliphatic heterocycles. The topological polar surface area (TPSA) is 97.4 Å². The molecular formula is C22H19N3O4S. The zero-order valence-electron chi connectivity index (χ0n) is 16.2. The van der Waals surface area contributed by atoms with Crippen LogP contribution in [0.3, 0.4) is 0 Å². The molecule has 0 bridgehead atoms. The number of ether oxygens (including phenoxy) is 1. The van der Waals surface area contributed by atoms with Gasteiger partial charge in [-0.2, -0.15) is 0 Å². The molecule has 0 saturated heterocycles. The highest BCUT2D eigenvalue weighted by atomic mass is 32.1. The zero-order valence-corrected chi connectivity index (χ0v) is 17.0. The molecule has 152 valence electrons. The summed E-state index contributed by atoms with van der Waals surface area (Å²) in [6, 6.07) is 12.9. The number of aryl methyl sites for hydroxylation is 2. The van der Waals surface area contributed by atoms with E-state index in [1.165, 1.54) is 11.3 Å². The average Bonchev–Trinajstić information content (AvgIpc) is 3.20. The predicted molar refractivity (Wildman–Crippen MR) is 115 cm³/mol. The summed E-state index contributed by atoms with van der Waals surface area (Å²) in [5, 5.41) is 7.71. The minimum Gasteiger partial charge on any atom is -0.452 e. The van der Waals surface area contributed by atoms with Gasteiger partial charge in [0, 0.05) is 23.1 Å². The number of nitrogens with zero attached hydrogens (tertiary/aromatic N) is 1. The van der Waals surface area contributed by atoms with Crippen LogP contribution in [0.2, 0.25) is 0 Å². The zero-order chi connectivity index (χ0) is 21.1. The van der Waals surface area contributed by atoms with Crippen LogP contribution >= 0.6 is 11.3 Å². The van der Waals surface area contributed by atoms with Gasteiger partial charge in [0.1, 0.15) is 0 Å². The number of aromatic nitrogens is 1. The number of benzene rings is 2. The summed E-state index contributed by atoms with van der Waals surface area (Å²) in [5.41, 5.74) is 4.82. The number of carbonyl (C=O) groups is 3. The van der Waals surface area contributed by atoms with Crippen LogP contribution in [0.5, 0.6) is 0 Å². The molecule has 2 amide bonds. The van der Waals surface area contributed by atoms with Gasteiger partial charge in [-0.15, -0.1) is 11.3 Å². The Labute approximate surface area is 177 Å². The highest BCUT2D eigenvalue weighted by Gasteiger charge is 2.18. The Hall–Kier alpha value is -3.52. The SMILES string of the molecule is Cc1ccc(-c2csc(NC(=O)COC(=O)c3ccc4c(c3)CCC(=O)N4)n2)cc1. The van der Waals surface area contributed by atoms with Crippen molar-refractivity contribution in [3.63, 3.8) is 0 Å². The molecule has 0 aliphatic carbocycles. The van der Waals surface area contributed by atoms with Crippen molar-refractivity contribution < 1.29 is 19.1 Å². The van der Waals surface area contributed by atoms with E-state index in [1.54, 1.807) is 18.2 Å². The van der Waals surface area contributed by atoms with Crippen molar-refractivity contribution >= 4 is 39.9 Å². The molecule has 2 aromatic carbocycles. The smallest absolute Gasteiger partial charge is 0.338 e. The first-order valence-corrected chi connectivity index (χ1v) is 10.3. The van der Waals surface area contributed by atoms with Crippen LogP contribution in [0.4, 0.5) is 10.8 Å². The second-order valence-electron chi connectivity index (χ2n) is 6.95. The van der Waals surface area contributed by atoms with Crippen molar-refractivity contribution in [2.24, 2.45) is 0 Å². The molecule has 0 fully saturated rings. The molecule has 0 unspecified atom stereocenters. The Morgan fingerprint density at radius 2 is 1.97 bits per heavy atom. The lowest BCUT2D eigenvalue weighted by molar-refractivity contribution is -0.119. The van der Waals surface area contributed by atoms with Crippen LogP contribution in [0.1, 0.15) is 27.9 Å². The predicted octanol–water partition coefficient (Wildman–Crippen LogP) is 3.80. The number of esters is 1. The van der Waals surface area contributed by atoms with Crippen molar-refractivity contribution in [2.45, 2.75) is 19.8 Å². The molecule has 0 saturated carbocycles. The number of amides is 2. The maximum Gasteiger partial charge on any atom is 0.338 e. The molecule has 8 heteroatoms. The molecule has 30 heavy (non-hydrogen) atoms. The second kappa shape index (κ2) is 8.46. The number of rotatable bonds is 5. The summed E-state index contributed by atoms with van der Waals surface area (Å²) in [5.74, 6) is -1.09. The highest BCUT2D eigenvalue weighted by molar-refractivity contribution is 7.14. The van der Waals surface area contributed by atoms with Gasteiger partial charge in [-0.1, -0.05) is 29.8 Å². The molecule has 4 rings (SSSR count). The molecule has 0 spiro atoms. The lowest BCUT2D eigenvalue weighted by Gasteiger charge is -2.17. The number of carbonyl (C=O) groups excluding carboxylic acids is 3. The van der Waals surface area contributed by atoms with E-state index in [4.69, 9.17) is 4.74 Å². The van der Waals surface area contributed by atoms with Gasteiger partial charge in [0.2, 0.25) is 5.91 Å². The lowest BCUT2D eigenvalue weighted by Crippen LogP contribution is -2.22. The van der Waals surface area contributed by atoms with Gasteiger partial charge >= 0.3 is 5.97 Å². The standard InChI is InChI=1S/C22H19N3O4S/c1-13-2-4-14(5-3-13)18-12-30-22(24-18)25-20(27)11-29-21(28)16-6-8-17-15(10-16)7-9-19(26)23-17/h2-6,8,10,12H,7,9,11H2,1H3,(H,23,26)(H,24,25,27). The Balaban J connectivity index is 1.32. The second-order valence-corrected chi connectivity index (χ2v) is 7.81. The first kappa shape index (κ1) is 19.8. The molecule has 2 heterocycles. The maximum absolute atomic E-state index is 12.3. The molecule has 0 radical (unpaired) electrons. The summed E-state index contributed by atoms with van der Waals surface area (Å²) in [4.78, 5) is 40.2. The molecule has 7 nitrogen and oxygen atoms in total. The van der Waals surface area contributed by atoms with Crippen LogP contribution in [-0.4, -0.2) is 29.4 Å². The van der Waals surface area contributed by atoms with E-state index in [-0.39, 0.29) is 5.91 Å². The van der Waals surface area contributed by atoms with Gasteiger partial charge in [0.05, 0.1) is 11.3 Å². The van der Waals surface area contributed by atoms with Gasteiger partial charge in [-0.05, 0) is 37.1 Å². The fraction of sp³-hybridized carbons (Fsp3) is 0.182. The van der Waals surface area contributed by atoms with Gasteiger partial charge in [-0.25, -0.2) is 9.78 Å². The molecule has 1 aliphatic rings. The van der Waals surface area contributed by atoms with Gasteiger partial charge < -0.3 is 10.1 Å². The molecule has 3 aromatic rings. The van der Waals surface area contributed by atoms with E-state index in [0.717, 1.165) is 22.4 Å². The van der Waals surface area contributed by atoms with Gasteiger partial charge in [0.15, 0.2) is 11.7 Å². The number of anilines is 2. The third-order valence-electron chi connectivity index (χ3n) is 4.67. The van der Waals surface area contributed by atoms with Crippen molar-refractivity contribution in [3.05, 3.63) is 64.5 Å². The third kappa shape index (κ3) is 4.55. The van der Waals surface area contributed by atoms with E-state index in [1.807, 2.05) is 36.6 Å². The number of hydrogen-bond acceptors (Lipinski definition) is 6. The molecule has 1 aromatic heterocycles. The van der Waals surface area contributed by atoms with Crippen molar-refractivity contribution in [1.29, 1.82) is 0 Å². The van der Waals surface area contributed by atoms with Crippen molar-refractivity contribution in [2.75, 3.05) is 17.2 Å². The van der Waals surface area contributed by atoms with Crippen molar-refractivity contribution in [3.8, 4) is 11.3 Å². The maximum atomic E-state index is 12.3. The van der Waals surface area contributed by atoms with Crippen LogP contribution in [0, 0.1) is 6.92 Å². The van der Waals surface area contributed by atoms with Crippen LogP contribution in [0.15, 0.2) is 47.8 Å². The van der Waals surface area contributed by atoms with E-state index in [0.29, 0.717) is 29.2 Å². The Bertz CT molecular complexity index is 1120.